The van der Waals surface area contributed by atoms with Crippen LogP contribution >= 0.6 is 11.6 Å². The van der Waals surface area contributed by atoms with Gasteiger partial charge in [0.1, 0.15) is 5.88 Å². The van der Waals surface area contributed by atoms with Crippen molar-refractivity contribution in [3.8, 4) is 0 Å². The first-order valence-corrected chi connectivity index (χ1v) is 10.1. The summed E-state index contributed by atoms with van der Waals surface area (Å²) in [7, 11) is 0. The van der Waals surface area contributed by atoms with Gasteiger partial charge in [-0.3, -0.25) is 4.79 Å². The van der Waals surface area contributed by atoms with Crippen LogP contribution in [0.4, 0.5) is 0 Å². The lowest BCUT2D eigenvalue weighted by Crippen LogP contribution is -1.92. The molecule has 0 heterocycles. The SMILES string of the molecule is CCCCCCCCCCCCCCCCCO.O=C(O)CCl. The number of hydrogen-bond acceptors (Lipinski definition) is 2. The van der Waals surface area contributed by atoms with Crippen LogP contribution in [0, 0.1) is 0 Å². The van der Waals surface area contributed by atoms with E-state index in [9.17, 15) is 4.79 Å². The van der Waals surface area contributed by atoms with Crippen molar-refractivity contribution in [1.82, 2.24) is 0 Å². The molecule has 0 saturated carbocycles. The number of aliphatic carboxylic acids is 1. The first kappa shape index (κ1) is 25.0. The first-order valence-electron chi connectivity index (χ1n) is 9.57. The first-order chi connectivity index (χ1) is 11.2. The standard InChI is InChI=1S/C17H36O.C2H3ClO2/c1-2-3-4-5-6-7-8-9-10-11-12-13-14-15-16-17-18;3-1-2(4)5/h18H,2-17H2,1H3;1H2,(H,4,5). The molecular weight excluding hydrogens is 312 g/mol. The van der Waals surface area contributed by atoms with Crippen LogP contribution in [0.2, 0.25) is 0 Å². The number of rotatable bonds is 16. The molecule has 140 valence electrons. The smallest absolute Gasteiger partial charge is 0.318 e. The Morgan fingerprint density at radius 1 is 0.696 bits per heavy atom. The third-order valence-electron chi connectivity index (χ3n) is 3.88. The van der Waals surface area contributed by atoms with E-state index < -0.39 is 5.97 Å². The Morgan fingerprint density at radius 2 is 0.957 bits per heavy atom. The van der Waals surface area contributed by atoms with Crippen LogP contribution in [0.25, 0.3) is 0 Å². The minimum Gasteiger partial charge on any atom is -0.480 e. The second-order valence-electron chi connectivity index (χ2n) is 6.20. The fourth-order valence-electron chi connectivity index (χ4n) is 2.48. The molecule has 0 aromatic heterocycles. The molecule has 0 unspecified atom stereocenters. The quantitative estimate of drug-likeness (QED) is 0.259. The minimum atomic E-state index is -0.980. The van der Waals surface area contributed by atoms with Gasteiger partial charge in [0.25, 0.3) is 0 Å². The molecule has 0 atom stereocenters. The molecule has 2 N–H and O–H groups in total. The number of carboxylic acid groups (broad SMARTS) is 1. The molecule has 0 fully saturated rings. The second kappa shape index (κ2) is 24.0. The Labute approximate surface area is 148 Å². The summed E-state index contributed by atoms with van der Waals surface area (Å²) < 4.78 is 0. The Balaban J connectivity index is 0. The van der Waals surface area contributed by atoms with Crippen molar-refractivity contribution in [3.05, 3.63) is 0 Å². The van der Waals surface area contributed by atoms with E-state index in [1.165, 1.54) is 89.9 Å². The van der Waals surface area contributed by atoms with Gasteiger partial charge in [-0.15, -0.1) is 11.6 Å². The number of hydrogen-bond donors (Lipinski definition) is 2. The van der Waals surface area contributed by atoms with Crippen LogP contribution in [-0.2, 0) is 4.79 Å². The number of carboxylic acids is 1. The number of alkyl halides is 1. The van der Waals surface area contributed by atoms with Gasteiger partial charge in [0.05, 0.1) is 0 Å². The van der Waals surface area contributed by atoms with E-state index >= 15 is 0 Å². The van der Waals surface area contributed by atoms with Crippen molar-refractivity contribution in [2.75, 3.05) is 12.5 Å². The average molecular weight is 351 g/mol. The normalized spacial score (nSPS) is 10.2. The molecule has 3 nitrogen and oxygen atoms in total. The predicted octanol–water partition coefficient (Wildman–Crippen LogP) is 6.16. The van der Waals surface area contributed by atoms with E-state index in [2.05, 4.69) is 6.92 Å². The van der Waals surface area contributed by atoms with Gasteiger partial charge in [0.2, 0.25) is 0 Å². The molecule has 0 aliphatic heterocycles. The zero-order valence-corrected chi connectivity index (χ0v) is 16.0. The van der Waals surface area contributed by atoms with Crippen LogP contribution in [0.1, 0.15) is 103 Å². The maximum atomic E-state index is 9.24. The predicted molar refractivity (Wildman–Crippen MR) is 100 cm³/mol. The van der Waals surface area contributed by atoms with Crippen molar-refractivity contribution in [2.45, 2.75) is 103 Å². The maximum Gasteiger partial charge on any atom is 0.318 e. The summed E-state index contributed by atoms with van der Waals surface area (Å²) in [6, 6.07) is 0. The summed E-state index contributed by atoms with van der Waals surface area (Å²) in [5.41, 5.74) is 0. The summed E-state index contributed by atoms with van der Waals surface area (Å²) in [5, 5.41) is 16.2. The molecule has 0 aromatic carbocycles. The molecule has 0 aliphatic carbocycles. The maximum absolute atomic E-state index is 9.24. The molecule has 0 saturated heterocycles. The monoisotopic (exact) mass is 350 g/mol. The highest BCUT2D eigenvalue weighted by atomic mass is 35.5. The summed E-state index contributed by atoms with van der Waals surface area (Å²) in [5.74, 6) is -1.29. The molecule has 0 bridgehead atoms. The van der Waals surface area contributed by atoms with Crippen LogP contribution in [0.5, 0.6) is 0 Å². The second-order valence-corrected chi connectivity index (χ2v) is 6.47. The van der Waals surface area contributed by atoms with E-state index in [1.807, 2.05) is 0 Å². The minimum absolute atomic E-state index is 0.306. The Kier molecular flexibility index (Phi) is 26.0. The third-order valence-corrected chi connectivity index (χ3v) is 4.10. The van der Waals surface area contributed by atoms with Crippen LogP contribution in [0.15, 0.2) is 0 Å². The van der Waals surface area contributed by atoms with Gasteiger partial charge in [-0.1, -0.05) is 96.8 Å². The molecule has 0 amide bonds. The highest BCUT2D eigenvalue weighted by Crippen LogP contribution is 2.13. The molecule has 0 spiro atoms. The van der Waals surface area contributed by atoms with Gasteiger partial charge < -0.3 is 10.2 Å². The number of aliphatic hydroxyl groups excluding tert-OH is 1. The van der Waals surface area contributed by atoms with Gasteiger partial charge in [-0.05, 0) is 6.42 Å². The van der Waals surface area contributed by atoms with Crippen LogP contribution < -0.4 is 0 Å². The van der Waals surface area contributed by atoms with Gasteiger partial charge in [0.15, 0.2) is 0 Å². The fourth-order valence-corrected chi connectivity index (χ4v) is 2.48. The van der Waals surface area contributed by atoms with E-state index in [0.717, 1.165) is 6.42 Å². The molecule has 23 heavy (non-hydrogen) atoms. The van der Waals surface area contributed by atoms with E-state index in [-0.39, 0.29) is 5.88 Å². The molecule has 0 aliphatic rings. The van der Waals surface area contributed by atoms with Gasteiger partial charge in [0, 0.05) is 6.61 Å². The van der Waals surface area contributed by atoms with Gasteiger partial charge in [-0.2, -0.15) is 0 Å². The lowest BCUT2D eigenvalue weighted by atomic mass is 10.0. The Hall–Kier alpha value is -0.280. The average Bonchev–Trinajstić information content (AvgIpc) is 2.55. The molecule has 4 heteroatoms. The zero-order chi connectivity index (χ0) is 17.6. The molecule has 0 aromatic rings. The summed E-state index contributed by atoms with van der Waals surface area (Å²) >= 11 is 4.74. The number of unbranched alkanes of at least 4 members (excludes halogenated alkanes) is 14. The van der Waals surface area contributed by atoms with Crippen LogP contribution in [0.3, 0.4) is 0 Å². The largest absolute Gasteiger partial charge is 0.480 e. The van der Waals surface area contributed by atoms with Crippen LogP contribution in [-0.4, -0.2) is 28.7 Å². The topological polar surface area (TPSA) is 57.5 Å². The number of carbonyl (C=O) groups is 1. The highest BCUT2D eigenvalue weighted by Gasteiger charge is 1.93. The summed E-state index contributed by atoms with van der Waals surface area (Å²) in [6.45, 7) is 2.65. The summed E-state index contributed by atoms with van der Waals surface area (Å²) in [6.07, 6.45) is 20.7. The lowest BCUT2D eigenvalue weighted by Gasteiger charge is -2.02. The van der Waals surface area contributed by atoms with Crippen molar-refractivity contribution >= 4 is 17.6 Å². The summed E-state index contributed by atoms with van der Waals surface area (Å²) in [4.78, 5) is 9.24. The Morgan fingerprint density at radius 3 is 1.17 bits per heavy atom. The van der Waals surface area contributed by atoms with Crippen molar-refractivity contribution in [1.29, 1.82) is 0 Å². The van der Waals surface area contributed by atoms with Crippen molar-refractivity contribution in [3.63, 3.8) is 0 Å². The van der Waals surface area contributed by atoms with E-state index in [0.29, 0.717) is 6.61 Å². The fraction of sp³-hybridized carbons (Fsp3) is 0.947. The Bertz CT molecular complexity index is 207. The molecule has 0 radical (unpaired) electrons. The van der Waals surface area contributed by atoms with Crippen molar-refractivity contribution in [2.24, 2.45) is 0 Å². The van der Waals surface area contributed by atoms with Gasteiger partial charge >= 0.3 is 5.97 Å². The number of halogens is 1. The highest BCUT2D eigenvalue weighted by molar-refractivity contribution is 6.26. The number of aliphatic hydroxyl groups is 1. The van der Waals surface area contributed by atoms with Gasteiger partial charge in [-0.25, -0.2) is 0 Å². The van der Waals surface area contributed by atoms with E-state index in [4.69, 9.17) is 21.8 Å². The zero-order valence-electron chi connectivity index (χ0n) is 15.2. The lowest BCUT2D eigenvalue weighted by molar-refractivity contribution is -0.134. The van der Waals surface area contributed by atoms with Crippen molar-refractivity contribution < 1.29 is 15.0 Å². The van der Waals surface area contributed by atoms with E-state index in [1.54, 1.807) is 0 Å². The molecule has 0 rings (SSSR count). The third kappa shape index (κ3) is 30.2. The molecular formula is C19H39ClO3.